The molecule has 0 radical (unpaired) electrons. The minimum atomic E-state index is -0.584. The number of nitrogens with one attached hydrogen (secondary N) is 2. The first-order chi connectivity index (χ1) is 9.73. The number of hydrogen-bond acceptors (Lipinski definition) is 3. The normalized spacial score (nSPS) is 10.9. The van der Waals surface area contributed by atoms with Gasteiger partial charge in [-0.2, -0.15) is 0 Å². The molecule has 0 saturated carbocycles. The Kier molecular flexibility index (Phi) is 5.76. The minimum Gasteiger partial charge on any atom is -0.444 e. The third kappa shape index (κ3) is 5.85. The average Bonchev–Trinajstić information content (AvgIpc) is 2.35. The molecule has 0 aliphatic heterocycles. The van der Waals surface area contributed by atoms with Crippen molar-refractivity contribution >= 4 is 17.7 Å². The SMILES string of the molecule is CCCNC(=O)c1cc(C)ccc1NC(=O)OC(C)(C)C. The van der Waals surface area contributed by atoms with E-state index in [1.807, 2.05) is 19.9 Å². The highest BCUT2D eigenvalue weighted by molar-refractivity contribution is 6.02. The molecule has 0 bridgehead atoms. The lowest BCUT2D eigenvalue weighted by Crippen LogP contribution is -2.29. The predicted octanol–water partition coefficient (Wildman–Crippen LogP) is 3.48. The topological polar surface area (TPSA) is 67.4 Å². The predicted molar refractivity (Wildman–Crippen MR) is 83.7 cm³/mol. The zero-order valence-electron chi connectivity index (χ0n) is 13.4. The zero-order valence-corrected chi connectivity index (χ0v) is 13.4. The lowest BCUT2D eigenvalue weighted by atomic mass is 10.1. The molecule has 0 fully saturated rings. The van der Waals surface area contributed by atoms with Gasteiger partial charge in [0.2, 0.25) is 0 Å². The molecular formula is C16H24N2O3. The fraction of sp³-hybridized carbons (Fsp3) is 0.500. The van der Waals surface area contributed by atoms with E-state index in [9.17, 15) is 9.59 Å². The molecular weight excluding hydrogens is 268 g/mol. The molecule has 0 unspecified atom stereocenters. The standard InChI is InChI=1S/C16H24N2O3/c1-6-9-17-14(19)12-10-11(2)7-8-13(12)18-15(20)21-16(3,4)5/h7-8,10H,6,9H2,1-5H3,(H,17,19)(H,18,20). The second-order valence-corrected chi connectivity index (χ2v) is 5.93. The van der Waals surface area contributed by atoms with E-state index < -0.39 is 11.7 Å². The second-order valence-electron chi connectivity index (χ2n) is 5.93. The molecule has 0 atom stereocenters. The van der Waals surface area contributed by atoms with Crippen LogP contribution < -0.4 is 10.6 Å². The van der Waals surface area contributed by atoms with Gasteiger partial charge in [-0.3, -0.25) is 10.1 Å². The molecule has 0 aliphatic carbocycles. The van der Waals surface area contributed by atoms with E-state index in [2.05, 4.69) is 10.6 Å². The van der Waals surface area contributed by atoms with Gasteiger partial charge >= 0.3 is 6.09 Å². The molecule has 1 rings (SSSR count). The van der Waals surface area contributed by atoms with Crippen LogP contribution in [-0.2, 0) is 4.74 Å². The largest absolute Gasteiger partial charge is 0.444 e. The van der Waals surface area contributed by atoms with Crippen LogP contribution >= 0.6 is 0 Å². The van der Waals surface area contributed by atoms with Gasteiger partial charge in [0.05, 0.1) is 11.3 Å². The first kappa shape index (κ1) is 17.0. The third-order valence-corrected chi connectivity index (χ3v) is 2.59. The summed E-state index contributed by atoms with van der Waals surface area (Å²) in [5, 5.41) is 5.44. The number of ether oxygens (including phenoxy) is 1. The first-order valence-corrected chi connectivity index (χ1v) is 7.12. The number of hydrogen-bond donors (Lipinski definition) is 2. The maximum absolute atomic E-state index is 12.1. The molecule has 2 N–H and O–H groups in total. The van der Waals surface area contributed by atoms with Crippen LogP contribution in [0.1, 0.15) is 50.0 Å². The van der Waals surface area contributed by atoms with Gasteiger partial charge in [-0.05, 0) is 46.2 Å². The van der Waals surface area contributed by atoms with Crippen molar-refractivity contribution in [3.8, 4) is 0 Å². The van der Waals surface area contributed by atoms with Crippen LogP contribution in [0.15, 0.2) is 18.2 Å². The van der Waals surface area contributed by atoms with Crippen molar-refractivity contribution in [2.24, 2.45) is 0 Å². The fourth-order valence-electron chi connectivity index (χ4n) is 1.70. The van der Waals surface area contributed by atoms with Crippen LogP contribution in [0.25, 0.3) is 0 Å². The maximum Gasteiger partial charge on any atom is 0.412 e. The summed E-state index contributed by atoms with van der Waals surface area (Å²) in [5.74, 6) is -0.202. The highest BCUT2D eigenvalue weighted by Gasteiger charge is 2.19. The quantitative estimate of drug-likeness (QED) is 0.892. The van der Waals surface area contributed by atoms with Crippen molar-refractivity contribution in [1.29, 1.82) is 0 Å². The van der Waals surface area contributed by atoms with E-state index in [4.69, 9.17) is 4.74 Å². The van der Waals surface area contributed by atoms with Gasteiger partial charge < -0.3 is 10.1 Å². The van der Waals surface area contributed by atoms with Gasteiger partial charge in [0.15, 0.2) is 0 Å². The monoisotopic (exact) mass is 292 g/mol. The molecule has 21 heavy (non-hydrogen) atoms. The number of aryl methyl sites for hydroxylation is 1. The second kappa shape index (κ2) is 7.11. The van der Waals surface area contributed by atoms with E-state index in [1.165, 1.54) is 0 Å². The number of carbonyl (C=O) groups is 2. The summed E-state index contributed by atoms with van der Waals surface area (Å²) in [6.07, 6.45) is 0.280. The maximum atomic E-state index is 12.1. The van der Waals surface area contributed by atoms with Gasteiger partial charge in [-0.25, -0.2) is 4.79 Å². The van der Waals surface area contributed by atoms with E-state index in [0.29, 0.717) is 17.8 Å². The molecule has 1 aromatic carbocycles. The minimum absolute atomic E-state index is 0.202. The molecule has 0 saturated heterocycles. The fourth-order valence-corrected chi connectivity index (χ4v) is 1.70. The van der Waals surface area contributed by atoms with E-state index in [-0.39, 0.29) is 5.91 Å². The van der Waals surface area contributed by atoms with Crippen molar-refractivity contribution in [2.75, 3.05) is 11.9 Å². The third-order valence-electron chi connectivity index (χ3n) is 2.59. The van der Waals surface area contributed by atoms with Gasteiger partial charge in [-0.1, -0.05) is 18.6 Å². The Hall–Kier alpha value is -2.04. The van der Waals surface area contributed by atoms with Crippen LogP contribution in [0.5, 0.6) is 0 Å². The number of rotatable bonds is 4. The lowest BCUT2D eigenvalue weighted by molar-refractivity contribution is 0.0636. The molecule has 1 aromatic rings. The number of carbonyl (C=O) groups excluding carboxylic acids is 2. The van der Waals surface area contributed by atoms with Crippen molar-refractivity contribution in [2.45, 2.75) is 46.6 Å². The summed E-state index contributed by atoms with van der Waals surface area (Å²) in [7, 11) is 0. The van der Waals surface area contributed by atoms with Gasteiger partial charge in [0.25, 0.3) is 5.91 Å². The molecule has 5 nitrogen and oxygen atoms in total. The number of benzene rings is 1. The Labute approximate surface area is 126 Å². The molecule has 0 spiro atoms. The molecule has 0 aromatic heterocycles. The molecule has 116 valence electrons. The van der Waals surface area contributed by atoms with E-state index in [0.717, 1.165) is 12.0 Å². The highest BCUT2D eigenvalue weighted by atomic mass is 16.6. The van der Waals surface area contributed by atoms with Crippen LogP contribution in [0.4, 0.5) is 10.5 Å². The van der Waals surface area contributed by atoms with Crippen LogP contribution in [-0.4, -0.2) is 24.1 Å². The lowest BCUT2D eigenvalue weighted by Gasteiger charge is -2.20. The summed E-state index contributed by atoms with van der Waals surface area (Å²) in [5.41, 5.74) is 1.25. The summed E-state index contributed by atoms with van der Waals surface area (Å²) in [6.45, 7) is 9.84. The van der Waals surface area contributed by atoms with E-state index in [1.54, 1.807) is 32.9 Å². The summed E-state index contributed by atoms with van der Waals surface area (Å²) < 4.78 is 5.21. The Morgan fingerprint density at radius 1 is 1.24 bits per heavy atom. The average molecular weight is 292 g/mol. The van der Waals surface area contributed by atoms with Crippen LogP contribution in [0.3, 0.4) is 0 Å². The number of anilines is 1. The summed E-state index contributed by atoms with van der Waals surface area (Å²) >= 11 is 0. The Morgan fingerprint density at radius 2 is 1.90 bits per heavy atom. The molecule has 2 amide bonds. The Morgan fingerprint density at radius 3 is 2.48 bits per heavy atom. The van der Waals surface area contributed by atoms with E-state index >= 15 is 0 Å². The van der Waals surface area contributed by atoms with Crippen molar-refractivity contribution in [1.82, 2.24) is 5.32 Å². The molecule has 5 heteroatoms. The van der Waals surface area contributed by atoms with Gasteiger partial charge in [-0.15, -0.1) is 0 Å². The summed E-state index contributed by atoms with van der Waals surface area (Å²) in [6, 6.07) is 5.29. The van der Waals surface area contributed by atoms with Gasteiger partial charge in [0, 0.05) is 6.54 Å². The zero-order chi connectivity index (χ0) is 16.0. The van der Waals surface area contributed by atoms with Crippen LogP contribution in [0, 0.1) is 6.92 Å². The highest BCUT2D eigenvalue weighted by Crippen LogP contribution is 2.19. The van der Waals surface area contributed by atoms with Crippen molar-refractivity contribution in [3.05, 3.63) is 29.3 Å². The molecule has 0 heterocycles. The van der Waals surface area contributed by atoms with Crippen molar-refractivity contribution < 1.29 is 14.3 Å². The Bertz CT molecular complexity index is 519. The first-order valence-electron chi connectivity index (χ1n) is 7.12. The van der Waals surface area contributed by atoms with Gasteiger partial charge in [0.1, 0.15) is 5.60 Å². The molecule has 0 aliphatic rings. The Balaban J connectivity index is 2.91. The number of amides is 2. The van der Waals surface area contributed by atoms with Crippen molar-refractivity contribution in [3.63, 3.8) is 0 Å². The summed E-state index contributed by atoms with van der Waals surface area (Å²) in [4.78, 5) is 24.0. The van der Waals surface area contributed by atoms with Crippen LogP contribution in [0.2, 0.25) is 0 Å². The smallest absolute Gasteiger partial charge is 0.412 e.